The Morgan fingerprint density at radius 3 is 2.53 bits per heavy atom. The number of para-hydroxylation sites is 1. The fourth-order valence-corrected chi connectivity index (χ4v) is 3.59. The smallest absolute Gasteiger partial charge is 0.332 e. The van der Waals surface area contributed by atoms with Gasteiger partial charge in [-0.3, -0.25) is 18.5 Å². The fraction of sp³-hybridized carbons (Fsp3) is 0.286. The maximum Gasteiger partial charge on any atom is 0.332 e. The zero-order valence-corrected chi connectivity index (χ0v) is 17.2. The fourth-order valence-electron chi connectivity index (χ4n) is 3.59. The molecule has 0 bridgehead atoms. The lowest BCUT2D eigenvalue weighted by molar-refractivity contribution is 0.633. The lowest BCUT2D eigenvalue weighted by Gasteiger charge is -2.12. The van der Waals surface area contributed by atoms with E-state index in [1.54, 1.807) is 30.6 Å². The lowest BCUT2D eigenvalue weighted by atomic mass is 10.2. The van der Waals surface area contributed by atoms with Crippen molar-refractivity contribution in [1.82, 2.24) is 28.7 Å². The highest BCUT2D eigenvalue weighted by atomic mass is 16.2. The molecule has 4 aromatic rings. The van der Waals surface area contributed by atoms with Gasteiger partial charge in [-0.15, -0.1) is 6.42 Å². The van der Waals surface area contributed by atoms with Crippen LogP contribution in [0.5, 0.6) is 0 Å². The molecule has 0 radical (unpaired) electrons. The van der Waals surface area contributed by atoms with Crippen molar-refractivity contribution >= 4 is 28.0 Å². The largest absolute Gasteiger partial charge is 0.348 e. The van der Waals surface area contributed by atoms with Gasteiger partial charge in [0.2, 0.25) is 5.95 Å². The van der Waals surface area contributed by atoms with E-state index < -0.39 is 11.2 Å². The summed E-state index contributed by atoms with van der Waals surface area (Å²) in [5.74, 6) is 3.45. The van der Waals surface area contributed by atoms with Gasteiger partial charge >= 0.3 is 5.69 Å². The molecule has 0 amide bonds. The van der Waals surface area contributed by atoms with E-state index >= 15 is 0 Å². The molecule has 4 rings (SSSR count). The number of aryl methyl sites for hydroxylation is 2. The van der Waals surface area contributed by atoms with Crippen molar-refractivity contribution in [2.75, 3.05) is 19.0 Å². The molecular formula is C21H21N7O2. The summed E-state index contributed by atoms with van der Waals surface area (Å²) in [6, 6.07) is 7.62. The van der Waals surface area contributed by atoms with Crippen LogP contribution in [0.2, 0.25) is 0 Å². The molecule has 1 aromatic carbocycles. The third-order valence-corrected chi connectivity index (χ3v) is 5.00. The normalized spacial score (nSPS) is 11.2. The van der Waals surface area contributed by atoms with Crippen LogP contribution >= 0.6 is 0 Å². The minimum absolute atomic E-state index is 0.0499. The van der Waals surface area contributed by atoms with E-state index in [4.69, 9.17) is 6.42 Å². The Balaban J connectivity index is 1.96. The molecule has 9 nitrogen and oxygen atoms in total. The Morgan fingerprint density at radius 2 is 1.83 bits per heavy atom. The molecule has 9 heteroatoms. The molecule has 0 aliphatic rings. The molecule has 3 aromatic heterocycles. The molecule has 0 spiro atoms. The van der Waals surface area contributed by atoms with Gasteiger partial charge in [0.15, 0.2) is 11.2 Å². The summed E-state index contributed by atoms with van der Waals surface area (Å²) in [7, 11) is 5.19. The molecule has 152 valence electrons. The Labute approximate surface area is 172 Å². The molecule has 0 saturated carbocycles. The summed E-state index contributed by atoms with van der Waals surface area (Å²) in [6.07, 6.45) is 5.51. The second-order valence-corrected chi connectivity index (χ2v) is 7.24. The first kappa shape index (κ1) is 19.4. The van der Waals surface area contributed by atoms with Gasteiger partial charge in [0.25, 0.3) is 5.56 Å². The van der Waals surface area contributed by atoms with E-state index in [0.717, 1.165) is 21.2 Å². The van der Waals surface area contributed by atoms with Crippen molar-refractivity contribution in [2.45, 2.75) is 20.0 Å². The Morgan fingerprint density at radius 1 is 1.10 bits per heavy atom. The highest BCUT2D eigenvalue weighted by molar-refractivity contribution is 5.80. The van der Waals surface area contributed by atoms with Crippen LogP contribution in [0.1, 0.15) is 11.5 Å². The number of hydrogen-bond donors (Lipinski definition) is 0. The number of aromatic nitrogens is 6. The average Bonchev–Trinajstić information content (AvgIpc) is 3.10. The van der Waals surface area contributed by atoms with E-state index in [9.17, 15) is 9.59 Å². The first-order valence-corrected chi connectivity index (χ1v) is 9.36. The predicted molar refractivity (Wildman–Crippen MR) is 116 cm³/mol. The van der Waals surface area contributed by atoms with Crippen molar-refractivity contribution in [3.8, 4) is 12.3 Å². The van der Waals surface area contributed by atoms with Gasteiger partial charge in [-0.1, -0.05) is 24.1 Å². The molecule has 0 N–H and O–H groups in total. The zero-order valence-electron chi connectivity index (χ0n) is 17.2. The monoisotopic (exact) mass is 403 g/mol. The van der Waals surface area contributed by atoms with Crippen molar-refractivity contribution in [3.05, 3.63) is 56.6 Å². The molecule has 0 saturated heterocycles. The average molecular weight is 403 g/mol. The van der Waals surface area contributed by atoms with Crippen molar-refractivity contribution in [2.24, 2.45) is 7.05 Å². The van der Waals surface area contributed by atoms with Crippen molar-refractivity contribution < 1.29 is 0 Å². The summed E-state index contributed by atoms with van der Waals surface area (Å²) in [6.45, 7) is 1.98. The van der Waals surface area contributed by atoms with Crippen molar-refractivity contribution in [1.29, 1.82) is 0 Å². The van der Waals surface area contributed by atoms with Crippen LogP contribution in [0.3, 0.4) is 0 Å². The number of terminal acetylenes is 1. The van der Waals surface area contributed by atoms with Crippen LogP contribution in [0.25, 0.3) is 22.1 Å². The molecule has 3 heterocycles. The first-order chi connectivity index (χ1) is 14.3. The Bertz CT molecular complexity index is 1450. The van der Waals surface area contributed by atoms with Crippen LogP contribution in [0.4, 0.5) is 5.95 Å². The molecule has 0 fully saturated rings. The lowest BCUT2D eigenvalue weighted by Crippen LogP contribution is -2.40. The van der Waals surface area contributed by atoms with E-state index in [2.05, 4.69) is 20.9 Å². The first-order valence-electron chi connectivity index (χ1n) is 9.36. The third kappa shape index (κ3) is 2.93. The van der Waals surface area contributed by atoms with E-state index in [0.29, 0.717) is 11.8 Å². The van der Waals surface area contributed by atoms with Gasteiger partial charge in [-0.25, -0.2) is 14.8 Å². The van der Waals surface area contributed by atoms with Gasteiger partial charge in [0.1, 0.15) is 5.82 Å². The highest BCUT2D eigenvalue weighted by Crippen LogP contribution is 2.18. The van der Waals surface area contributed by atoms with Crippen LogP contribution in [-0.4, -0.2) is 42.7 Å². The number of hydrogen-bond acceptors (Lipinski definition) is 6. The maximum absolute atomic E-state index is 13.3. The van der Waals surface area contributed by atoms with E-state index in [-0.39, 0.29) is 24.3 Å². The molecular weight excluding hydrogens is 382 g/mol. The van der Waals surface area contributed by atoms with Crippen LogP contribution in [0.15, 0.2) is 33.9 Å². The van der Waals surface area contributed by atoms with Gasteiger partial charge < -0.3 is 4.90 Å². The quantitative estimate of drug-likeness (QED) is 0.470. The molecule has 0 aliphatic heterocycles. The Hall–Kier alpha value is -3.93. The summed E-state index contributed by atoms with van der Waals surface area (Å²) >= 11 is 0. The van der Waals surface area contributed by atoms with E-state index in [1.165, 1.54) is 4.57 Å². The number of benzene rings is 1. The van der Waals surface area contributed by atoms with E-state index in [1.807, 2.05) is 31.2 Å². The van der Waals surface area contributed by atoms with Gasteiger partial charge in [-0.2, -0.15) is 4.98 Å². The van der Waals surface area contributed by atoms with Gasteiger partial charge in [0, 0.05) is 32.2 Å². The second kappa shape index (κ2) is 7.15. The molecule has 30 heavy (non-hydrogen) atoms. The number of nitrogens with zero attached hydrogens (tertiary/aromatic N) is 7. The summed E-state index contributed by atoms with van der Waals surface area (Å²) in [5.41, 5.74) is 1.15. The second-order valence-electron chi connectivity index (χ2n) is 7.24. The molecule has 0 atom stereocenters. The minimum atomic E-state index is -0.488. The summed E-state index contributed by atoms with van der Waals surface area (Å²) < 4.78 is 4.12. The highest BCUT2D eigenvalue weighted by Gasteiger charge is 2.21. The number of imidazole rings is 1. The predicted octanol–water partition coefficient (Wildman–Crippen LogP) is 0.896. The third-order valence-electron chi connectivity index (χ3n) is 5.00. The molecule has 0 unspecified atom stereocenters. The number of anilines is 1. The topological polar surface area (TPSA) is 90.8 Å². The number of fused-ring (bicyclic) bond motifs is 2. The minimum Gasteiger partial charge on any atom is -0.348 e. The molecule has 0 aliphatic carbocycles. The van der Waals surface area contributed by atoms with Gasteiger partial charge in [-0.05, 0) is 13.0 Å². The number of rotatable bonds is 4. The summed E-state index contributed by atoms with van der Waals surface area (Å²) in [5, 5.41) is 0.930. The van der Waals surface area contributed by atoms with Crippen molar-refractivity contribution in [3.63, 3.8) is 0 Å². The van der Waals surface area contributed by atoms with Gasteiger partial charge in [0.05, 0.1) is 18.6 Å². The van der Waals surface area contributed by atoms with Crippen LogP contribution < -0.4 is 16.1 Å². The standard InChI is InChI=1S/C21H21N7O2/c1-6-11-27-17-18(24-20(27)25(3)4)26(5)21(30)28(19(17)29)12-16-22-13(2)14-9-7-8-10-15(14)23-16/h1,7-10H,11-12H2,2-5H3. The maximum atomic E-state index is 13.3. The van der Waals surface area contributed by atoms with Crippen LogP contribution in [0, 0.1) is 19.3 Å². The summed E-state index contributed by atoms with van der Waals surface area (Å²) in [4.78, 5) is 41.6. The van der Waals surface area contributed by atoms with Crippen LogP contribution in [-0.2, 0) is 20.1 Å². The zero-order chi connectivity index (χ0) is 21.6. The SMILES string of the molecule is C#CCn1c(N(C)C)nc2c1c(=O)n(Cc1nc(C)c3ccccc3n1)c(=O)n2C. The Kier molecular flexibility index (Phi) is 4.62.